The Morgan fingerprint density at radius 2 is 2.00 bits per heavy atom. The first-order valence-electron chi connectivity index (χ1n) is 4.39. The fourth-order valence-corrected chi connectivity index (χ4v) is 0.769. The number of aliphatic hydroxyl groups is 1. The molecule has 0 fully saturated rings. The van der Waals surface area contributed by atoms with Gasteiger partial charge in [-0.15, -0.1) is 0 Å². The summed E-state index contributed by atoms with van der Waals surface area (Å²) in [5.74, 6) is 0.706. The van der Waals surface area contributed by atoms with E-state index in [2.05, 4.69) is 19.2 Å². The third-order valence-corrected chi connectivity index (χ3v) is 1.75. The van der Waals surface area contributed by atoms with Gasteiger partial charge in [-0.2, -0.15) is 0 Å². The molecule has 0 aromatic rings. The Labute approximate surface area is 70.0 Å². The number of hydrogen-bond donors (Lipinski definition) is 2. The lowest BCUT2D eigenvalue weighted by molar-refractivity contribution is 0.0789. The van der Waals surface area contributed by atoms with E-state index in [1.165, 1.54) is 6.42 Å². The summed E-state index contributed by atoms with van der Waals surface area (Å²) in [5, 5.41) is 12.6. The van der Waals surface area contributed by atoms with Crippen LogP contribution in [0.4, 0.5) is 0 Å². The van der Waals surface area contributed by atoms with E-state index >= 15 is 0 Å². The van der Waals surface area contributed by atoms with Gasteiger partial charge < -0.3 is 10.4 Å². The highest BCUT2D eigenvalue weighted by Gasteiger charge is 2.11. The highest BCUT2D eigenvalue weighted by Crippen LogP contribution is 2.00. The maximum Gasteiger partial charge on any atom is 0.0715 e. The van der Waals surface area contributed by atoms with E-state index in [1.54, 1.807) is 0 Å². The molecule has 0 saturated carbocycles. The Balaban J connectivity index is 3.28. The van der Waals surface area contributed by atoms with E-state index in [0.29, 0.717) is 12.5 Å². The molecule has 2 heteroatoms. The SMILES string of the molecule is CC[C@H](C)CNCC(C)(C)O. The van der Waals surface area contributed by atoms with Crippen LogP contribution >= 0.6 is 0 Å². The second-order valence-corrected chi connectivity index (χ2v) is 3.96. The molecule has 0 aliphatic carbocycles. The average molecular weight is 159 g/mol. The molecule has 0 saturated heterocycles. The highest BCUT2D eigenvalue weighted by molar-refractivity contribution is 4.68. The molecule has 0 aromatic carbocycles. The zero-order chi connectivity index (χ0) is 8.91. The molecule has 68 valence electrons. The summed E-state index contributed by atoms with van der Waals surface area (Å²) in [6.07, 6.45) is 1.19. The molecule has 0 amide bonds. The zero-order valence-electron chi connectivity index (χ0n) is 8.15. The van der Waals surface area contributed by atoms with Crippen LogP contribution in [0.2, 0.25) is 0 Å². The molecule has 2 nitrogen and oxygen atoms in total. The van der Waals surface area contributed by atoms with Gasteiger partial charge >= 0.3 is 0 Å². The Hall–Kier alpha value is -0.0800. The third-order valence-electron chi connectivity index (χ3n) is 1.75. The summed E-state index contributed by atoms with van der Waals surface area (Å²) in [6.45, 7) is 9.69. The van der Waals surface area contributed by atoms with Crippen LogP contribution in [0.3, 0.4) is 0 Å². The number of nitrogens with one attached hydrogen (secondary N) is 1. The van der Waals surface area contributed by atoms with Gasteiger partial charge in [-0.05, 0) is 26.3 Å². The Morgan fingerprint density at radius 3 is 2.36 bits per heavy atom. The normalized spacial score (nSPS) is 15.0. The van der Waals surface area contributed by atoms with Crippen LogP contribution < -0.4 is 5.32 Å². The molecular formula is C9H21NO. The molecule has 0 bridgehead atoms. The molecule has 0 radical (unpaired) electrons. The predicted molar refractivity (Wildman–Crippen MR) is 48.6 cm³/mol. The Morgan fingerprint density at radius 1 is 1.45 bits per heavy atom. The van der Waals surface area contributed by atoms with Crippen LogP contribution in [0.25, 0.3) is 0 Å². The first-order valence-corrected chi connectivity index (χ1v) is 4.39. The highest BCUT2D eigenvalue weighted by atomic mass is 16.3. The minimum atomic E-state index is -0.576. The van der Waals surface area contributed by atoms with Crippen molar-refractivity contribution >= 4 is 0 Å². The van der Waals surface area contributed by atoms with Gasteiger partial charge in [0.1, 0.15) is 0 Å². The molecule has 2 N–H and O–H groups in total. The van der Waals surface area contributed by atoms with Crippen molar-refractivity contribution in [3.05, 3.63) is 0 Å². The van der Waals surface area contributed by atoms with Gasteiger partial charge in [0, 0.05) is 6.54 Å². The van der Waals surface area contributed by atoms with Crippen molar-refractivity contribution in [3.8, 4) is 0 Å². The van der Waals surface area contributed by atoms with Gasteiger partial charge in [0.15, 0.2) is 0 Å². The molecule has 0 aromatic heterocycles. The Kier molecular flexibility index (Phi) is 4.69. The zero-order valence-corrected chi connectivity index (χ0v) is 8.15. The molecule has 0 rings (SSSR count). The minimum absolute atomic E-state index is 0.576. The summed E-state index contributed by atoms with van der Waals surface area (Å²) >= 11 is 0. The maximum atomic E-state index is 9.34. The lowest BCUT2D eigenvalue weighted by atomic mass is 10.1. The maximum absolute atomic E-state index is 9.34. The molecule has 0 spiro atoms. The molecule has 0 unspecified atom stereocenters. The predicted octanol–water partition coefficient (Wildman–Crippen LogP) is 1.39. The van der Waals surface area contributed by atoms with Crippen molar-refractivity contribution in [2.24, 2.45) is 5.92 Å². The van der Waals surface area contributed by atoms with E-state index in [0.717, 1.165) is 6.54 Å². The van der Waals surface area contributed by atoms with Gasteiger partial charge in [-0.1, -0.05) is 20.3 Å². The van der Waals surface area contributed by atoms with Crippen molar-refractivity contribution in [2.75, 3.05) is 13.1 Å². The smallest absolute Gasteiger partial charge is 0.0715 e. The summed E-state index contributed by atoms with van der Waals surface area (Å²) in [4.78, 5) is 0. The van der Waals surface area contributed by atoms with Crippen LogP contribution in [0.5, 0.6) is 0 Å². The van der Waals surface area contributed by atoms with Gasteiger partial charge in [0.2, 0.25) is 0 Å². The first-order chi connectivity index (χ1) is 4.95. The second kappa shape index (κ2) is 4.73. The van der Waals surface area contributed by atoms with Gasteiger partial charge in [-0.3, -0.25) is 0 Å². The van der Waals surface area contributed by atoms with E-state index in [4.69, 9.17) is 0 Å². The van der Waals surface area contributed by atoms with Crippen molar-refractivity contribution in [1.82, 2.24) is 5.32 Å². The third kappa shape index (κ3) is 7.82. The molecule has 0 aliphatic heterocycles. The summed E-state index contributed by atoms with van der Waals surface area (Å²) < 4.78 is 0. The minimum Gasteiger partial charge on any atom is -0.389 e. The van der Waals surface area contributed by atoms with Crippen molar-refractivity contribution < 1.29 is 5.11 Å². The van der Waals surface area contributed by atoms with Gasteiger partial charge in [0.05, 0.1) is 5.60 Å². The average Bonchev–Trinajstić information content (AvgIpc) is 1.85. The Bertz CT molecular complexity index is 96.2. The summed E-state index contributed by atoms with van der Waals surface area (Å²) in [5.41, 5.74) is -0.576. The molecule has 11 heavy (non-hydrogen) atoms. The number of rotatable bonds is 5. The number of hydrogen-bond acceptors (Lipinski definition) is 2. The fraction of sp³-hybridized carbons (Fsp3) is 1.00. The first kappa shape index (κ1) is 10.9. The van der Waals surface area contributed by atoms with E-state index < -0.39 is 5.60 Å². The second-order valence-electron chi connectivity index (χ2n) is 3.96. The van der Waals surface area contributed by atoms with Crippen LogP contribution in [0, 0.1) is 5.92 Å². The van der Waals surface area contributed by atoms with Crippen LogP contribution in [0.15, 0.2) is 0 Å². The van der Waals surface area contributed by atoms with Gasteiger partial charge in [0.25, 0.3) is 0 Å². The molecular weight excluding hydrogens is 138 g/mol. The molecule has 1 atom stereocenters. The van der Waals surface area contributed by atoms with E-state index in [-0.39, 0.29) is 0 Å². The fourth-order valence-electron chi connectivity index (χ4n) is 0.769. The summed E-state index contributed by atoms with van der Waals surface area (Å²) in [6, 6.07) is 0. The topological polar surface area (TPSA) is 32.3 Å². The quantitative estimate of drug-likeness (QED) is 0.635. The molecule has 0 aliphatic rings. The largest absolute Gasteiger partial charge is 0.389 e. The van der Waals surface area contributed by atoms with E-state index in [1.807, 2.05) is 13.8 Å². The van der Waals surface area contributed by atoms with Crippen LogP contribution in [-0.2, 0) is 0 Å². The van der Waals surface area contributed by atoms with Crippen LogP contribution in [0.1, 0.15) is 34.1 Å². The van der Waals surface area contributed by atoms with Crippen LogP contribution in [-0.4, -0.2) is 23.8 Å². The summed E-state index contributed by atoms with van der Waals surface area (Å²) in [7, 11) is 0. The van der Waals surface area contributed by atoms with Crippen molar-refractivity contribution in [2.45, 2.75) is 39.7 Å². The van der Waals surface area contributed by atoms with Crippen molar-refractivity contribution in [3.63, 3.8) is 0 Å². The lowest BCUT2D eigenvalue weighted by Crippen LogP contribution is -2.36. The van der Waals surface area contributed by atoms with E-state index in [9.17, 15) is 5.11 Å². The molecule has 0 heterocycles. The van der Waals surface area contributed by atoms with Gasteiger partial charge in [-0.25, -0.2) is 0 Å². The lowest BCUT2D eigenvalue weighted by Gasteiger charge is -2.19. The van der Waals surface area contributed by atoms with Crippen molar-refractivity contribution in [1.29, 1.82) is 0 Å². The standard InChI is InChI=1S/C9H21NO/c1-5-8(2)6-10-7-9(3,4)11/h8,10-11H,5-7H2,1-4H3/t8-/m0/s1. The monoisotopic (exact) mass is 159 g/mol.